The van der Waals surface area contributed by atoms with Crippen molar-refractivity contribution in [2.75, 3.05) is 13.2 Å². The third-order valence-electron chi connectivity index (χ3n) is 1.97. The number of hydrogen-bond donors (Lipinski definition) is 4. The molecular weight excluding hydrogens is 217 g/mol. The number of carbonyl (C=O) groups excluding carboxylic acids is 1. The minimum absolute atomic E-state index is 0.260. The Bertz CT molecular complexity index is 379. The summed E-state index contributed by atoms with van der Waals surface area (Å²) in [5, 5.41) is 28.6. The van der Waals surface area contributed by atoms with Gasteiger partial charge < -0.3 is 20.6 Å². The molecule has 4 N–H and O–H groups in total. The number of carbonyl (C=O) groups is 1. The molecule has 0 radical (unpaired) electrons. The molecule has 1 aromatic rings. The van der Waals surface area contributed by atoms with Crippen LogP contribution in [0.5, 0.6) is 5.75 Å². The molecule has 0 saturated carbocycles. The summed E-state index contributed by atoms with van der Waals surface area (Å²) in [7, 11) is 0. The van der Waals surface area contributed by atoms with Gasteiger partial charge in [-0.25, -0.2) is 4.39 Å². The molecule has 1 aromatic carbocycles. The first-order valence-electron chi connectivity index (χ1n) is 4.59. The number of rotatable bonds is 4. The third-order valence-corrected chi connectivity index (χ3v) is 1.97. The van der Waals surface area contributed by atoms with Crippen LogP contribution in [0.25, 0.3) is 0 Å². The number of aliphatic hydroxyl groups excluding tert-OH is 2. The summed E-state index contributed by atoms with van der Waals surface area (Å²) in [4.78, 5) is 11.5. The zero-order valence-corrected chi connectivity index (χ0v) is 8.35. The standard InChI is InChI=1S/C10H12FNO4/c11-9-3-7(15)1-2-8(9)10(16)12-6(4-13)5-14/h1-3,6,13-15H,4-5H2,(H,12,16). The van der Waals surface area contributed by atoms with E-state index in [9.17, 15) is 9.18 Å². The van der Waals surface area contributed by atoms with Crippen LogP contribution >= 0.6 is 0 Å². The second kappa shape index (κ2) is 5.43. The number of halogens is 1. The molecule has 1 rings (SSSR count). The Morgan fingerprint density at radius 3 is 2.50 bits per heavy atom. The SMILES string of the molecule is O=C(NC(CO)CO)c1ccc(O)cc1F. The van der Waals surface area contributed by atoms with E-state index in [4.69, 9.17) is 15.3 Å². The van der Waals surface area contributed by atoms with Crippen molar-refractivity contribution in [3.05, 3.63) is 29.6 Å². The molecule has 0 aromatic heterocycles. The lowest BCUT2D eigenvalue weighted by Crippen LogP contribution is -2.40. The lowest BCUT2D eigenvalue weighted by Gasteiger charge is -2.13. The summed E-state index contributed by atoms with van der Waals surface area (Å²) in [6.07, 6.45) is 0. The summed E-state index contributed by atoms with van der Waals surface area (Å²) in [5.41, 5.74) is -0.260. The molecule has 6 heteroatoms. The molecule has 0 unspecified atom stereocenters. The average molecular weight is 229 g/mol. The van der Waals surface area contributed by atoms with E-state index in [2.05, 4.69) is 5.32 Å². The number of phenols is 1. The molecule has 0 spiro atoms. The van der Waals surface area contributed by atoms with Crippen molar-refractivity contribution in [3.63, 3.8) is 0 Å². The van der Waals surface area contributed by atoms with Crippen LogP contribution in [0.1, 0.15) is 10.4 Å². The predicted octanol–water partition coefficient (Wildman–Crippen LogP) is -0.386. The number of amides is 1. The number of nitrogens with one attached hydrogen (secondary N) is 1. The number of hydrogen-bond acceptors (Lipinski definition) is 4. The van der Waals surface area contributed by atoms with Crippen LogP contribution in [0.4, 0.5) is 4.39 Å². The van der Waals surface area contributed by atoms with Gasteiger partial charge in [-0.3, -0.25) is 4.79 Å². The van der Waals surface area contributed by atoms with Gasteiger partial charge in [-0.2, -0.15) is 0 Å². The highest BCUT2D eigenvalue weighted by atomic mass is 19.1. The van der Waals surface area contributed by atoms with Crippen LogP contribution < -0.4 is 5.32 Å². The molecule has 0 saturated heterocycles. The first kappa shape index (κ1) is 12.4. The largest absolute Gasteiger partial charge is 0.508 e. The monoisotopic (exact) mass is 229 g/mol. The Kier molecular flexibility index (Phi) is 4.21. The highest BCUT2D eigenvalue weighted by Crippen LogP contribution is 2.14. The van der Waals surface area contributed by atoms with E-state index < -0.39 is 31.0 Å². The van der Waals surface area contributed by atoms with E-state index in [1.54, 1.807) is 0 Å². The van der Waals surface area contributed by atoms with E-state index in [-0.39, 0.29) is 11.3 Å². The Morgan fingerprint density at radius 1 is 1.38 bits per heavy atom. The smallest absolute Gasteiger partial charge is 0.254 e. The van der Waals surface area contributed by atoms with Crippen LogP contribution in [-0.4, -0.2) is 40.5 Å². The van der Waals surface area contributed by atoms with Crippen molar-refractivity contribution in [1.29, 1.82) is 0 Å². The van der Waals surface area contributed by atoms with Gasteiger partial charge in [0, 0.05) is 6.07 Å². The number of aromatic hydroxyl groups is 1. The van der Waals surface area contributed by atoms with Crippen LogP contribution in [0, 0.1) is 5.82 Å². The Labute approximate surface area is 91.2 Å². The van der Waals surface area contributed by atoms with Crippen molar-refractivity contribution < 1.29 is 24.5 Å². The number of benzene rings is 1. The van der Waals surface area contributed by atoms with Crippen LogP contribution in [0.2, 0.25) is 0 Å². The Morgan fingerprint density at radius 2 is 2.00 bits per heavy atom. The molecule has 1 amide bonds. The second-order valence-corrected chi connectivity index (χ2v) is 3.20. The van der Waals surface area contributed by atoms with Crippen LogP contribution in [-0.2, 0) is 0 Å². The zero-order valence-electron chi connectivity index (χ0n) is 8.35. The van der Waals surface area contributed by atoms with Gasteiger partial charge in [0.2, 0.25) is 0 Å². The van der Waals surface area contributed by atoms with Gasteiger partial charge in [0.05, 0.1) is 24.8 Å². The number of phenolic OH excluding ortho intramolecular Hbond substituents is 1. The van der Waals surface area contributed by atoms with Crippen molar-refractivity contribution in [2.24, 2.45) is 0 Å². The van der Waals surface area contributed by atoms with Crippen molar-refractivity contribution in [1.82, 2.24) is 5.32 Å². The molecule has 0 atom stereocenters. The van der Waals surface area contributed by atoms with Gasteiger partial charge in [-0.1, -0.05) is 0 Å². The molecule has 16 heavy (non-hydrogen) atoms. The van der Waals surface area contributed by atoms with Gasteiger partial charge in [0.15, 0.2) is 0 Å². The fourth-order valence-electron chi connectivity index (χ4n) is 1.10. The number of aliphatic hydroxyl groups is 2. The van der Waals surface area contributed by atoms with E-state index in [0.717, 1.165) is 12.1 Å². The minimum atomic E-state index is -0.868. The summed E-state index contributed by atoms with van der Waals surface area (Å²) in [6, 6.07) is 2.26. The fourth-order valence-corrected chi connectivity index (χ4v) is 1.10. The summed E-state index contributed by atoms with van der Waals surface area (Å²) < 4.78 is 13.2. The fraction of sp³-hybridized carbons (Fsp3) is 0.300. The van der Waals surface area contributed by atoms with E-state index in [1.807, 2.05) is 0 Å². The van der Waals surface area contributed by atoms with Crippen molar-refractivity contribution >= 4 is 5.91 Å². The first-order valence-corrected chi connectivity index (χ1v) is 4.59. The van der Waals surface area contributed by atoms with Gasteiger partial charge in [0.25, 0.3) is 5.91 Å². The average Bonchev–Trinajstić information content (AvgIpc) is 2.25. The van der Waals surface area contributed by atoms with Gasteiger partial charge in [-0.15, -0.1) is 0 Å². The van der Waals surface area contributed by atoms with E-state index in [1.165, 1.54) is 6.07 Å². The van der Waals surface area contributed by atoms with Crippen molar-refractivity contribution in [2.45, 2.75) is 6.04 Å². The van der Waals surface area contributed by atoms with Gasteiger partial charge in [-0.05, 0) is 12.1 Å². The minimum Gasteiger partial charge on any atom is -0.508 e. The van der Waals surface area contributed by atoms with Crippen molar-refractivity contribution in [3.8, 4) is 5.75 Å². The summed E-state index contributed by atoms with van der Waals surface area (Å²) in [6.45, 7) is -0.885. The molecular formula is C10H12FNO4. The quantitative estimate of drug-likeness (QED) is 0.566. The summed E-state index contributed by atoms with van der Waals surface area (Å²) >= 11 is 0. The molecule has 0 bridgehead atoms. The topological polar surface area (TPSA) is 89.8 Å². The Balaban J connectivity index is 2.80. The molecule has 88 valence electrons. The maximum atomic E-state index is 13.2. The van der Waals surface area contributed by atoms with E-state index >= 15 is 0 Å². The third kappa shape index (κ3) is 2.91. The highest BCUT2D eigenvalue weighted by molar-refractivity contribution is 5.94. The van der Waals surface area contributed by atoms with E-state index in [0.29, 0.717) is 0 Å². The van der Waals surface area contributed by atoms with Gasteiger partial charge in [0.1, 0.15) is 11.6 Å². The lowest BCUT2D eigenvalue weighted by molar-refractivity contribution is 0.0875. The Hall–Kier alpha value is -1.66. The lowest BCUT2D eigenvalue weighted by atomic mass is 10.1. The highest BCUT2D eigenvalue weighted by Gasteiger charge is 2.15. The van der Waals surface area contributed by atoms with Crippen LogP contribution in [0.3, 0.4) is 0 Å². The zero-order chi connectivity index (χ0) is 12.1. The second-order valence-electron chi connectivity index (χ2n) is 3.20. The van der Waals surface area contributed by atoms with Gasteiger partial charge >= 0.3 is 0 Å². The first-order chi connectivity index (χ1) is 7.58. The molecule has 0 heterocycles. The molecule has 0 aliphatic rings. The maximum absolute atomic E-state index is 13.2. The normalized spacial score (nSPS) is 10.5. The molecule has 5 nitrogen and oxygen atoms in total. The summed E-state index contributed by atoms with van der Waals surface area (Å²) in [5.74, 6) is -1.91. The maximum Gasteiger partial charge on any atom is 0.254 e. The molecule has 0 fully saturated rings. The molecule has 0 aliphatic heterocycles. The predicted molar refractivity (Wildman–Crippen MR) is 53.5 cm³/mol. The van der Waals surface area contributed by atoms with Crippen LogP contribution in [0.15, 0.2) is 18.2 Å². The molecule has 0 aliphatic carbocycles.